The summed E-state index contributed by atoms with van der Waals surface area (Å²) in [5.74, 6) is 0.523. The summed E-state index contributed by atoms with van der Waals surface area (Å²) in [6.45, 7) is 7.56. The van der Waals surface area contributed by atoms with Crippen molar-refractivity contribution in [3.8, 4) is 0 Å². The third-order valence-corrected chi connectivity index (χ3v) is 2.98. The van der Waals surface area contributed by atoms with Crippen molar-refractivity contribution in [2.75, 3.05) is 20.1 Å². The minimum absolute atomic E-state index is 0.523. The van der Waals surface area contributed by atoms with Crippen LogP contribution >= 0.6 is 0 Å². The second-order valence-corrected chi connectivity index (χ2v) is 4.87. The van der Waals surface area contributed by atoms with Crippen molar-refractivity contribution in [2.24, 2.45) is 15.8 Å². The number of nitrogens with one attached hydrogen (secondary N) is 1. The van der Waals surface area contributed by atoms with Gasteiger partial charge >= 0.3 is 0 Å². The zero-order valence-electron chi connectivity index (χ0n) is 12.8. The topological polar surface area (TPSA) is 81.1 Å². The second kappa shape index (κ2) is 8.73. The van der Waals surface area contributed by atoms with E-state index in [1.807, 2.05) is 6.92 Å². The molecule has 0 amide bonds. The van der Waals surface area contributed by atoms with Gasteiger partial charge in [-0.3, -0.25) is 15.4 Å². The molecular formula is C15H24N6. The molecule has 1 aliphatic heterocycles. The van der Waals surface area contributed by atoms with Crippen LogP contribution in [0.4, 0.5) is 0 Å². The number of nitrogens with two attached hydrogens (primary N) is 1. The highest BCUT2D eigenvalue weighted by Gasteiger charge is 2.12. The lowest BCUT2D eigenvalue weighted by atomic mass is 10.4. The third-order valence-electron chi connectivity index (χ3n) is 2.98. The van der Waals surface area contributed by atoms with Gasteiger partial charge in [0.25, 0.3) is 0 Å². The van der Waals surface area contributed by atoms with E-state index in [1.54, 1.807) is 36.8 Å². The number of hydrogen-bond donors (Lipinski definition) is 2. The molecule has 0 aromatic rings. The maximum atomic E-state index is 7.93. The van der Waals surface area contributed by atoms with Crippen molar-refractivity contribution in [1.82, 2.24) is 9.91 Å². The number of nitrogens with zero attached hydrogens (tertiary/aromatic N) is 4. The van der Waals surface area contributed by atoms with Crippen LogP contribution in [0, 0.1) is 5.41 Å². The van der Waals surface area contributed by atoms with E-state index in [0.29, 0.717) is 11.5 Å². The summed E-state index contributed by atoms with van der Waals surface area (Å²) in [6, 6.07) is 0. The molecule has 1 heterocycles. The van der Waals surface area contributed by atoms with Gasteiger partial charge in [0, 0.05) is 32.6 Å². The summed E-state index contributed by atoms with van der Waals surface area (Å²) in [4.78, 5) is 6.16. The third kappa shape index (κ3) is 6.56. The molecule has 6 nitrogen and oxygen atoms in total. The van der Waals surface area contributed by atoms with E-state index in [1.165, 1.54) is 19.0 Å². The molecule has 1 rings (SSSR count). The molecule has 114 valence electrons. The Kier molecular flexibility index (Phi) is 6.94. The Balaban J connectivity index is 2.43. The first-order valence-corrected chi connectivity index (χ1v) is 6.93. The number of aliphatic imine (C=N–C) groups is 1. The summed E-state index contributed by atoms with van der Waals surface area (Å²) in [5.41, 5.74) is 6.73. The lowest BCUT2D eigenvalue weighted by Gasteiger charge is -2.15. The van der Waals surface area contributed by atoms with E-state index in [2.05, 4.69) is 21.6 Å². The van der Waals surface area contributed by atoms with Gasteiger partial charge in [-0.2, -0.15) is 5.10 Å². The van der Waals surface area contributed by atoms with Crippen LogP contribution in [0.1, 0.15) is 19.8 Å². The average molecular weight is 288 g/mol. The highest BCUT2D eigenvalue weighted by Crippen LogP contribution is 2.08. The molecule has 0 unspecified atom stereocenters. The Morgan fingerprint density at radius 1 is 1.33 bits per heavy atom. The van der Waals surface area contributed by atoms with E-state index in [-0.39, 0.29) is 0 Å². The van der Waals surface area contributed by atoms with Crippen LogP contribution < -0.4 is 5.73 Å². The molecule has 1 fully saturated rings. The van der Waals surface area contributed by atoms with Crippen LogP contribution in [-0.2, 0) is 0 Å². The van der Waals surface area contributed by atoms with Gasteiger partial charge in [-0.05, 0) is 37.6 Å². The Morgan fingerprint density at radius 3 is 2.62 bits per heavy atom. The number of amidine groups is 1. The first kappa shape index (κ1) is 16.7. The van der Waals surface area contributed by atoms with Gasteiger partial charge in [0.15, 0.2) is 0 Å². The molecule has 0 atom stereocenters. The summed E-state index contributed by atoms with van der Waals surface area (Å²) in [7, 11) is 1.80. The Labute approximate surface area is 126 Å². The van der Waals surface area contributed by atoms with Gasteiger partial charge in [0.05, 0.1) is 11.9 Å². The van der Waals surface area contributed by atoms with Gasteiger partial charge in [-0.1, -0.05) is 6.58 Å². The fourth-order valence-corrected chi connectivity index (χ4v) is 1.70. The predicted molar refractivity (Wildman–Crippen MR) is 89.5 cm³/mol. The van der Waals surface area contributed by atoms with Gasteiger partial charge in [-0.25, -0.2) is 0 Å². The molecule has 21 heavy (non-hydrogen) atoms. The normalized spacial score (nSPS) is 16.5. The van der Waals surface area contributed by atoms with E-state index in [0.717, 1.165) is 18.7 Å². The number of likely N-dealkylation sites (tertiary alicyclic amines) is 1. The van der Waals surface area contributed by atoms with Gasteiger partial charge in [0.1, 0.15) is 5.84 Å². The van der Waals surface area contributed by atoms with Crippen LogP contribution in [0.5, 0.6) is 0 Å². The summed E-state index contributed by atoms with van der Waals surface area (Å²) in [6.07, 6.45) is 10.5. The van der Waals surface area contributed by atoms with Crippen molar-refractivity contribution < 1.29 is 0 Å². The maximum absolute atomic E-state index is 7.93. The maximum Gasteiger partial charge on any atom is 0.122 e. The fourth-order valence-electron chi connectivity index (χ4n) is 1.70. The first-order valence-electron chi connectivity index (χ1n) is 6.93. The number of rotatable bonds is 6. The molecule has 1 aliphatic rings. The molecule has 3 N–H and O–H groups in total. The molecule has 0 radical (unpaired) electrons. The highest BCUT2D eigenvalue weighted by molar-refractivity contribution is 5.90. The van der Waals surface area contributed by atoms with Crippen molar-refractivity contribution in [2.45, 2.75) is 19.8 Å². The van der Waals surface area contributed by atoms with Crippen LogP contribution in [0.25, 0.3) is 0 Å². The minimum Gasteiger partial charge on any atom is -0.404 e. The molecule has 0 spiro atoms. The average Bonchev–Trinajstić information content (AvgIpc) is 3.02. The Bertz CT molecular complexity index is 480. The number of hydrogen-bond acceptors (Lipinski definition) is 5. The molecule has 0 aliphatic carbocycles. The molecule has 0 bridgehead atoms. The number of allylic oxidation sites excluding steroid dienone is 2. The van der Waals surface area contributed by atoms with E-state index in [4.69, 9.17) is 11.1 Å². The zero-order chi connectivity index (χ0) is 15.7. The van der Waals surface area contributed by atoms with Crippen molar-refractivity contribution >= 4 is 18.3 Å². The lowest BCUT2D eigenvalue weighted by Crippen LogP contribution is -2.25. The van der Waals surface area contributed by atoms with Crippen molar-refractivity contribution in [3.63, 3.8) is 0 Å². The van der Waals surface area contributed by atoms with E-state index < -0.39 is 0 Å². The monoisotopic (exact) mass is 288 g/mol. The van der Waals surface area contributed by atoms with Crippen LogP contribution in [0.3, 0.4) is 0 Å². The fraction of sp³-hybridized carbons (Fsp3) is 0.400. The second-order valence-electron chi connectivity index (χ2n) is 4.87. The SMILES string of the molecule is C=C(/C=N\N(C)/C=C\C(=N)N1CCCC1)N=CC(C)=CN. The van der Waals surface area contributed by atoms with Crippen molar-refractivity contribution in [3.05, 3.63) is 36.3 Å². The van der Waals surface area contributed by atoms with Gasteiger partial charge in [0.2, 0.25) is 0 Å². The van der Waals surface area contributed by atoms with Crippen LogP contribution in [-0.4, -0.2) is 48.3 Å². The smallest absolute Gasteiger partial charge is 0.122 e. The molecule has 1 saturated heterocycles. The Morgan fingerprint density at radius 2 is 2.00 bits per heavy atom. The molecular weight excluding hydrogens is 264 g/mol. The van der Waals surface area contributed by atoms with E-state index in [9.17, 15) is 0 Å². The van der Waals surface area contributed by atoms with Crippen LogP contribution in [0.2, 0.25) is 0 Å². The molecule has 0 aromatic heterocycles. The molecule has 0 aromatic carbocycles. The molecule has 0 saturated carbocycles. The zero-order valence-corrected chi connectivity index (χ0v) is 12.8. The quantitative estimate of drug-likeness (QED) is 0.445. The standard InChI is InChI=1S/C15H24N6/c1-13(10-16)11-18-14(2)12-19-20(3)9-6-15(17)21-7-4-5-8-21/h6,9-12,17H,2,4-5,7-8,16H2,1,3H3/b9-6-,13-10?,17-15?,18-11?,19-12-. The van der Waals surface area contributed by atoms with Crippen LogP contribution in [0.15, 0.2) is 46.4 Å². The van der Waals surface area contributed by atoms with Gasteiger partial charge < -0.3 is 10.6 Å². The van der Waals surface area contributed by atoms with Crippen molar-refractivity contribution in [1.29, 1.82) is 5.41 Å². The van der Waals surface area contributed by atoms with Gasteiger partial charge in [-0.15, -0.1) is 0 Å². The summed E-state index contributed by atoms with van der Waals surface area (Å²) < 4.78 is 0. The molecule has 6 heteroatoms. The Hall–Kier alpha value is -2.37. The summed E-state index contributed by atoms with van der Waals surface area (Å²) in [5, 5.41) is 13.7. The minimum atomic E-state index is 0.523. The lowest BCUT2D eigenvalue weighted by molar-refractivity contribution is 0.488. The number of hydrazone groups is 1. The first-order chi connectivity index (χ1) is 10.0. The summed E-state index contributed by atoms with van der Waals surface area (Å²) >= 11 is 0. The highest BCUT2D eigenvalue weighted by atomic mass is 15.4. The van der Waals surface area contributed by atoms with E-state index >= 15 is 0 Å². The largest absolute Gasteiger partial charge is 0.404 e. The predicted octanol–water partition coefficient (Wildman–Crippen LogP) is 1.94.